The molecule has 0 spiro atoms. The van der Waals surface area contributed by atoms with Crippen LogP contribution in [0.2, 0.25) is 5.02 Å². The molecule has 0 radical (unpaired) electrons. The fraction of sp³-hybridized carbons (Fsp3) is 0.0323. The lowest BCUT2D eigenvalue weighted by Crippen LogP contribution is -2.28. The van der Waals surface area contributed by atoms with Crippen molar-refractivity contribution >= 4 is 43.1 Å². The van der Waals surface area contributed by atoms with Crippen molar-refractivity contribution in [2.45, 2.75) is 5.41 Å². The summed E-state index contributed by atoms with van der Waals surface area (Å²) in [7, 11) is 0. The number of hydrogen-bond donors (Lipinski definition) is 0. The van der Waals surface area contributed by atoms with E-state index in [-0.39, 0.29) is 0 Å². The number of benzene rings is 5. The Bertz CT molecular complexity index is 1620. The highest BCUT2D eigenvalue weighted by molar-refractivity contribution is 7.26. The molecule has 0 fully saturated rings. The first-order chi connectivity index (χ1) is 16.3. The van der Waals surface area contributed by atoms with Gasteiger partial charge in [-0.1, -0.05) is 109 Å². The predicted molar refractivity (Wildman–Crippen MR) is 142 cm³/mol. The number of rotatable bonds is 2. The zero-order chi connectivity index (χ0) is 22.0. The van der Waals surface area contributed by atoms with E-state index >= 15 is 0 Å². The molecule has 33 heavy (non-hydrogen) atoms. The van der Waals surface area contributed by atoms with Crippen LogP contribution < -0.4 is 0 Å². The van der Waals surface area contributed by atoms with E-state index in [1.165, 1.54) is 53.6 Å². The Labute approximate surface area is 201 Å². The second-order valence-corrected chi connectivity index (χ2v) is 10.1. The summed E-state index contributed by atoms with van der Waals surface area (Å²) in [6.07, 6.45) is 0. The normalized spacial score (nSPS) is 13.8. The molecule has 2 heteroatoms. The molecule has 0 aliphatic heterocycles. The smallest absolute Gasteiger partial charge is 0.0714 e. The topological polar surface area (TPSA) is 0 Å². The Balaban J connectivity index is 1.72. The molecule has 156 valence electrons. The standard InChI is InChI=1S/C31H19ClS/c32-22-15-16-25-27(19-22)31(20-9-3-1-4-10-20,21-11-5-2-6-12-21)26-18-17-24-23-13-7-8-14-28(23)33-30(24)29(25)26/h1-19H. The van der Waals surface area contributed by atoms with Crippen LogP contribution >= 0.6 is 22.9 Å². The van der Waals surface area contributed by atoms with E-state index in [2.05, 4.69) is 109 Å². The highest BCUT2D eigenvalue weighted by Crippen LogP contribution is 2.59. The number of hydrogen-bond acceptors (Lipinski definition) is 1. The molecular formula is C31H19ClS. The zero-order valence-corrected chi connectivity index (χ0v) is 19.3. The minimum Gasteiger partial charge on any atom is -0.135 e. The molecule has 6 aromatic rings. The predicted octanol–water partition coefficient (Wildman–Crippen LogP) is 9.07. The Hall–Kier alpha value is -3.39. The van der Waals surface area contributed by atoms with Gasteiger partial charge in [-0.3, -0.25) is 0 Å². The molecule has 0 amide bonds. The van der Waals surface area contributed by atoms with E-state index in [4.69, 9.17) is 11.6 Å². The van der Waals surface area contributed by atoms with Gasteiger partial charge >= 0.3 is 0 Å². The summed E-state index contributed by atoms with van der Waals surface area (Å²) in [6.45, 7) is 0. The summed E-state index contributed by atoms with van der Waals surface area (Å²) < 4.78 is 2.68. The molecular weight excluding hydrogens is 440 g/mol. The van der Waals surface area contributed by atoms with Crippen molar-refractivity contribution in [1.29, 1.82) is 0 Å². The van der Waals surface area contributed by atoms with Gasteiger partial charge in [-0.2, -0.15) is 0 Å². The lowest BCUT2D eigenvalue weighted by Gasteiger charge is -2.34. The number of fused-ring (bicyclic) bond motifs is 7. The molecule has 7 rings (SSSR count). The quantitative estimate of drug-likeness (QED) is 0.242. The average molecular weight is 459 g/mol. The number of thiophene rings is 1. The Morgan fingerprint density at radius 3 is 1.97 bits per heavy atom. The van der Waals surface area contributed by atoms with Crippen molar-refractivity contribution in [2.24, 2.45) is 0 Å². The van der Waals surface area contributed by atoms with Crippen molar-refractivity contribution in [3.8, 4) is 11.1 Å². The maximum atomic E-state index is 6.65. The van der Waals surface area contributed by atoms with Crippen LogP contribution in [0.5, 0.6) is 0 Å². The van der Waals surface area contributed by atoms with Crippen LogP contribution in [-0.2, 0) is 5.41 Å². The summed E-state index contributed by atoms with van der Waals surface area (Å²) in [5.74, 6) is 0. The highest BCUT2D eigenvalue weighted by Gasteiger charge is 2.47. The van der Waals surface area contributed by atoms with Gasteiger partial charge in [-0.05, 0) is 46.0 Å². The van der Waals surface area contributed by atoms with Gasteiger partial charge in [0.1, 0.15) is 0 Å². The summed E-state index contributed by atoms with van der Waals surface area (Å²) in [6, 6.07) is 41.6. The van der Waals surface area contributed by atoms with E-state index in [9.17, 15) is 0 Å². The molecule has 1 aliphatic carbocycles. The Morgan fingerprint density at radius 2 is 1.24 bits per heavy atom. The van der Waals surface area contributed by atoms with E-state index in [1.54, 1.807) is 0 Å². The van der Waals surface area contributed by atoms with Crippen molar-refractivity contribution in [2.75, 3.05) is 0 Å². The van der Waals surface area contributed by atoms with Crippen LogP contribution in [0.3, 0.4) is 0 Å². The van der Waals surface area contributed by atoms with Crippen LogP contribution in [0.1, 0.15) is 22.3 Å². The molecule has 1 aliphatic rings. The van der Waals surface area contributed by atoms with E-state index in [0.29, 0.717) is 0 Å². The first kappa shape index (κ1) is 19.1. The van der Waals surface area contributed by atoms with E-state index in [0.717, 1.165) is 5.02 Å². The molecule has 5 aromatic carbocycles. The number of halogens is 1. The van der Waals surface area contributed by atoms with Crippen molar-refractivity contribution in [1.82, 2.24) is 0 Å². The minimum absolute atomic E-state index is 0.414. The second-order valence-electron chi connectivity index (χ2n) is 8.63. The third-order valence-corrected chi connectivity index (χ3v) is 8.46. The second kappa shape index (κ2) is 7.05. The first-order valence-electron chi connectivity index (χ1n) is 11.1. The van der Waals surface area contributed by atoms with Crippen LogP contribution in [0.25, 0.3) is 31.3 Å². The van der Waals surface area contributed by atoms with Crippen LogP contribution in [0.15, 0.2) is 115 Å². The third kappa shape index (κ3) is 2.52. The Morgan fingerprint density at radius 1 is 0.576 bits per heavy atom. The SMILES string of the molecule is Clc1ccc2c(c1)C(c1ccccc1)(c1ccccc1)c1ccc3c(sc4ccccc43)c1-2. The molecule has 0 unspecified atom stereocenters. The van der Waals surface area contributed by atoms with Gasteiger partial charge in [0.25, 0.3) is 0 Å². The van der Waals surface area contributed by atoms with Gasteiger partial charge in [0.05, 0.1) is 5.41 Å². The average Bonchev–Trinajstić information content (AvgIpc) is 3.38. The van der Waals surface area contributed by atoms with Crippen LogP contribution in [-0.4, -0.2) is 0 Å². The molecule has 1 heterocycles. The summed E-state index contributed by atoms with van der Waals surface area (Å²) >= 11 is 8.55. The van der Waals surface area contributed by atoms with Gasteiger partial charge in [0, 0.05) is 30.8 Å². The van der Waals surface area contributed by atoms with Crippen LogP contribution in [0, 0.1) is 0 Å². The van der Waals surface area contributed by atoms with Gasteiger partial charge in [-0.15, -0.1) is 11.3 Å². The van der Waals surface area contributed by atoms with E-state index < -0.39 is 5.41 Å². The molecule has 0 saturated heterocycles. The van der Waals surface area contributed by atoms with Gasteiger partial charge in [0.15, 0.2) is 0 Å². The van der Waals surface area contributed by atoms with E-state index in [1.807, 2.05) is 17.4 Å². The lowest BCUT2D eigenvalue weighted by atomic mass is 9.68. The highest BCUT2D eigenvalue weighted by atomic mass is 35.5. The molecule has 1 aromatic heterocycles. The Kier molecular flexibility index (Phi) is 4.08. The fourth-order valence-electron chi connectivity index (χ4n) is 5.72. The van der Waals surface area contributed by atoms with Gasteiger partial charge < -0.3 is 0 Å². The third-order valence-electron chi connectivity index (χ3n) is 7.02. The van der Waals surface area contributed by atoms with Gasteiger partial charge in [-0.25, -0.2) is 0 Å². The molecule has 0 bridgehead atoms. The monoisotopic (exact) mass is 458 g/mol. The largest absolute Gasteiger partial charge is 0.135 e. The zero-order valence-electron chi connectivity index (χ0n) is 17.8. The van der Waals surface area contributed by atoms with Crippen LogP contribution in [0.4, 0.5) is 0 Å². The summed E-state index contributed by atoms with van der Waals surface area (Å²) in [5, 5.41) is 3.42. The van der Waals surface area contributed by atoms with Crippen molar-refractivity contribution < 1.29 is 0 Å². The summed E-state index contributed by atoms with van der Waals surface area (Å²) in [5.41, 5.74) is 7.32. The first-order valence-corrected chi connectivity index (χ1v) is 12.3. The fourth-order valence-corrected chi connectivity index (χ4v) is 7.16. The van der Waals surface area contributed by atoms with Crippen molar-refractivity contribution in [3.05, 3.63) is 143 Å². The molecule has 0 atom stereocenters. The molecule has 0 N–H and O–H groups in total. The lowest BCUT2D eigenvalue weighted by molar-refractivity contribution is 0.769. The maximum absolute atomic E-state index is 6.65. The molecule has 0 saturated carbocycles. The van der Waals surface area contributed by atoms with Crippen molar-refractivity contribution in [3.63, 3.8) is 0 Å². The summed E-state index contributed by atoms with van der Waals surface area (Å²) in [4.78, 5) is 0. The minimum atomic E-state index is -0.414. The maximum Gasteiger partial charge on any atom is 0.0714 e. The molecule has 0 nitrogen and oxygen atoms in total. The van der Waals surface area contributed by atoms with Gasteiger partial charge in [0.2, 0.25) is 0 Å².